The Hall–Kier alpha value is -3.17. The molecule has 0 bridgehead atoms. The van der Waals surface area contributed by atoms with Crippen LogP contribution in [0.1, 0.15) is 30.2 Å². The number of nitrogens with zero attached hydrogens (tertiary/aromatic N) is 4. The number of hydrogen-bond donors (Lipinski definition) is 3. The predicted octanol–water partition coefficient (Wildman–Crippen LogP) is 2.37. The largest absolute Gasteiger partial charge is 0.488 e. The van der Waals surface area contributed by atoms with E-state index in [1.165, 1.54) is 12.1 Å². The maximum atomic E-state index is 13.7. The third-order valence-corrected chi connectivity index (χ3v) is 6.46. The van der Waals surface area contributed by atoms with Gasteiger partial charge in [-0.1, -0.05) is 24.3 Å². The van der Waals surface area contributed by atoms with Crippen molar-refractivity contribution in [2.45, 2.75) is 38.8 Å². The molecule has 1 atom stereocenters. The van der Waals surface area contributed by atoms with E-state index in [0.717, 1.165) is 53.4 Å². The number of anilines is 4. The molecule has 0 fully saturated rings. The standard InChI is InChI=1S/C24H27BFN5O2/c1-15-12-18-19(25(32)33)8-4-10-21(18)31(15)24-28-20-9-5-11-30(2)22(20)23(29-24)27-14-16-6-3-7-17(26)13-16/h3-4,6-8,10,13,15,32-33H,5,9,11-12,14H2,1-2H3,(H,27,28,29). The summed E-state index contributed by atoms with van der Waals surface area (Å²) in [7, 11) is 0.519. The Morgan fingerprint density at radius 3 is 2.79 bits per heavy atom. The summed E-state index contributed by atoms with van der Waals surface area (Å²) in [6, 6.07) is 12.2. The number of benzene rings is 2. The Morgan fingerprint density at radius 1 is 1.18 bits per heavy atom. The number of aromatic nitrogens is 2. The second-order valence-corrected chi connectivity index (χ2v) is 8.82. The zero-order valence-corrected chi connectivity index (χ0v) is 18.8. The van der Waals surface area contributed by atoms with E-state index in [1.807, 2.05) is 25.2 Å². The highest BCUT2D eigenvalue weighted by molar-refractivity contribution is 6.59. The van der Waals surface area contributed by atoms with Crippen LogP contribution >= 0.6 is 0 Å². The molecule has 1 unspecified atom stereocenters. The highest BCUT2D eigenvalue weighted by Crippen LogP contribution is 2.39. The first kappa shape index (κ1) is 21.7. The molecule has 0 aliphatic carbocycles. The molecule has 2 aliphatic heterocycles. The quantitative estimate of drug-likeness (QED) is 0.518. The third-order valence-electron chi connectivity index (χ3n) is 6.46. The van der Waals surface area contributed by atoms with Gasteiger partial charge in [-0.05, 0) is 61.0 Å². The van der Waals surface area contributed by atoms with E-state index in [2.05, 4.69) is 22.0 Å². The van der Waals surface area contributed by atoms with Crippen LogP contribution in [-0.4, -0.2) is 46.8 Å². The molecule has 9 heteroatoms. The summed E-state index contributed by atoms with van der Waals surface area (Å²) in [4.78, 5) is 14.1. The average Bonchev–Trinajstić information content (AvgIpc) is 3.13. The minimum atomic E-state index is -1.52. The van der Waals surface area contributed by atoms with Gasteiger partial charge in [-0.15, -0.1) is 0 Å². The summed E-state index contributed by atoms with van der Waals surface area (Å²) in [5.41, 5.74) is 5.12. The fourth-order valence-electron chi connectivity index (χ4n) is 4.93. The van der Waals surface area contributed by atoms with Crippen molar-refractivity contribution >= 4 is 35.7 Å². The molecule has 3 heterocycles. The average molecular weight is 447 g/mol. The Bertz CT molecular complexity index is 1190. The van der Waals surface area contributed by atoms with Gasteiger partial charge < -0.3 is 25.2 Å². The van der Waals surface area contributed by atoms with Crippen LogP contribution in [0.25, 0.3) is 0 Å². The minimum Gasteiger partial charge on any atom is -0.423 e. The fraction of sp³-hybridized carbons (Fsp3) is 0.333. The number of rotatable bonds is 5. The number of hydrogen-bond acceptors (Lipinski definition) is 7. The Labute approximate surface area is 193 Å². The first-order valence-corrected chi connectivity index (χ1v) is 11.3. The lowest BCUT2D eigenvalue weighted by molar-refractivity contribution is 0.425. The van der Waals surface area contributed by atoms with Gasteiger partial charge >= 0.3 is 7.12 Å². The van der Waals surface area contributed by atoms with E-state index in [1.54, 1.807) is 12.1 Å². The van der Waals surface area contributed by atoms with Gasteiger partial charge in [0, 0.05) is 31.9 Å². The molecule has 0 spiro atoms. The lowest BCUT2D eigenvalue weighted by Crippen LogP contribution is -2.32. The van der Waals surface area contributed by atoms with E-state index >= 15 is 0 Å². The molecule has 1 aromatic heterocycles. The highest BCUT2D eigenvalue weighted by Gasteiger charge is 2.34. The number of fused-ring (bicyclic) bond motifs is 2. The minimum absolute atomic E-state index is 0.0651. The van der Waals surface area contributed by atoms with Gasteiger partial charge in [0.15, 0.2) is 5.82 Å². The van der Waals surface area contributed by atoms with E-state index in [-0.39, 0.29) is 11.9 Å². The summed E-state index contributed by atoms with van der Waals surface area (Å²) in [6.07, 6.45) is 2.54. The van der Waals surface area contributed by atoms with Crippen molar-refractivity contribution in [2.75, 3.05) is 28.7 Å². The topological polar surface area (TPSA) is 84.8 Å². The van der Waals surface area contributed by atoms with Gasteiger partial charge in [0.05, 0.1) is 5.69 Å². The van der Waals surface area contributed by atoms with Crippen molar-refractivity contribution < 1.29 is 14.4 Å². The highest BCUT2D eigenvalue weighted by atomic mass is 19.1. The van der Waals surface area contributed by atoms with Crippen molar-refractivity contribution in [3.63, 3.8) is 0 Å². The predicted molar refractivity (Wildman–Crippen MR) is 129 cm³/mol. The van der Waals surface area contributed by atoms with Crippen LogP contribution in [0, 0.1) is 5.82 Å². The van der Waals surface area contributed by atoms with Gasteiger partial charge in [-0.25, -0.2) is 9.37 Å². The first-order valence-electron chi connectivity index (χ1n) is 11.3. The van der Waals surface area contributed by atoms with E-state index in [0.29, 0.717) is 24.4 Å². The molecule has 0 saturated heterocycles. The second kappa shape index (κ2) is 8.65. The third kappa shape index (κ3) is 4.02. The molecule has 2 aromatic carbocycles. The van der Waals surface area contributed by atoms with E-state index in [9.17, 15) is 14.4 Å². The van der Waals surface area contributed by atoms with Crippen molar-refractivity contribution in [2.24, 2.45) is 0 Å². The molecule has 33 heavy (non-hydrogen) atoms. The summed E-state index contributed by atoms with van der Waals surface area (Å²) in [6.45, 7) is 3.45. The van der Waals surface area contributed by atoms with Crippen molar-refractivity contribution in [1.82, 2.24) is 9.97 Å². The van der Waals surface area contributed by atoms with Gasteiger partial charge in [0.2, 0.25) is 5.95 Å². The zero-order chi connectivity index (χ0) is 23.1. The molecule has 2 aliphatic rings. The van der Waals surface area contributed by atoms with Crippen molar-refractivity contribution in [3.8, 4) is 0 Å². The number of aryl methyl sites for hydroxylation is 1. The van der Waals surface area contributed by atoms with Gasteiger partial charge in [0.1, 0.15) is 11.5 Å². The van der Waals surface area contributed by atoms with Crippen LogP contribution in [0.5, 0.6) is 0 Å². The Morgan fingerprint density at radius 2 is 2.00 bits per heavy atom. The number of nitrogens with one attached hydrogen (secondary N) is 1. The van der Waals surface area contributed by atoms with Gasteiger partial charge in [0.25, 0.3) is 0 Å². The van der Waals surface area contributed by atoms with E-state index < -0.39 is 7.12 Å². The van der Waals surface area contributed by atoms with E-state index in [4.69, 9.17) is 9.97 Å². The Kier molecular flexibility index (Phi) is 5.68. The molecular weight excluding hydrogens is 420 g/mol. The molecule has 7 nitrogen and oxygen atoms in total. The molecule has 0 amide bonds. The van der Waals surface area contributed by atoms with Crippen LogP contribution in [-0.2, 0) is 19.4 Å². The van der Waals surface area contributed by atoms with Crippen LogP contribution in [0.3, 0.4) is 0 Å². The maximum absolute atomic E-state index is 13.7. The lowest BCUT2D eigenvalue weighted by atomic mass is 9.76. The summed E-state index contributed by atoms with van der Waals surface area (Å²) in [5, 5.41) is 23.1. The second-order valence-electron chi connectivity index (χ2n) is 8.82. The monoisotopic (exact) mass is 447 g/mol. The molecule has 5 rings (SSSR count). The SMILES string of the molecule is CC1Cc2c(B(O)O)cccc2N1c1nc2c(c(NCc3cccc(F)c3)n1)N(C)CCC2. The van der Waals surface area contributed by atoms with Crippen molar-refractivity contribution in [1.29, 1.82) is 0 Å². The maximum Gasteiger partial charge on any atom is 0.488 e. The number of halogens is 1. The van der Waals surface area contributed by atoms with Crippen LogP contribution < -0.4 is 20.6 Å². The first-order chi connectivity index (χ1) is 15.9. The zero-order valence-electron chi connectivity index (χ0n) is 18.8. The van der Waals surface area contributed by atoms with Gasteiger partial charge in [-0.2, -0.15) is 4.98 Å². The summed E-state index contributed by atoms with van der Waals surface area (Å²) < 4.78 is 13.7. The van der Waals surface area contributed by atoms with Crippen LogP contribution in [0.15, 0.2) is 42.5 Å². The summed E-state index contributed by atoms with van der Waals surface area (Å²) >= 11 is 0. The molecule has 170 valence electrons. The summed E-state index contributed by atoms with van der Waals surface area (Å²) in [5.74, 6) is 1.04. The molecule has 0 radical (unpaired) electrons. The molecule has 3 N–H and O–H groups in total. The van der Waals surface area contributed by atoms with Crippen molar-refractivity contribution in [3.05, 3.63) is 65.1 Å². The van der Waals surface area contributed by atoms with Gasteiger partial charge in [-0.3, -0.25) is 0 Å². The molecular formula is C24H27BFN5O2. The lowest BCUT2D eigenvalue weighted by Gasteiger charge is -2.31. The fourth-order valence-corrected chi connectivity index (χ4v) is 4.93. The molecule has 3 aromatic rings. The Balaban J connectivity index is 1.56. The smallest absolute Gasteiger partial charge is 0.423 e. The normalized spacial score (nSPS) is 17.1. The van der Waals surface area contributed by atoms with Crippen LogP contribution in [0.2, 0.25) is 0 Å². The van der Waals surface area contributed by atoms with Crippen LogP contribution in [0.4, 0.5) is 27.5 Å². The molecule has 0 saturated carbocycles.